The van der Waals surface area contributed by atoms with E-state index in [1.165, 1.54) is 41.0 Å². The topological polar surface area (TPSA) is 323 Å². The van der Waals surface area contributed by atoms with Gasteiger partial charge >= 0.3 is 18.2 Å². The predicted octanol–water partition coefficient (Wildman–Crippen LogP) is 10.8. The number of hydrogen-bond acceptors (Lipinski definition) is 20. The fraction of sp³-hybridized carbons (Fsp3) is 0.550. The number of nitrogens with zero attached hydrogens (tertiary/aromatic N) is 8. The monoisotopic (exact) mass is 1420 g/mol. The molecule has 103 heavy (non-hydrogen) atoms. The second-order valence-electron chi connectivity index (χ2n) is 31.2. The van der Waals surface area contributed by atoms with Crippen LogP contribution >= 0.6 is 0 Å². The lowest BCUT2D eigenvalue weighted by Gasteiger charge is -2.43. The number of rotatable bonds is 15. The minimum Gasteiger partial charge on any atom is -0.456 e. The van der Waals surface area contributed by atoms with E-state index in [9.17, 15) is 50.2 Å². The van der Waals surface area contributed by atoms with Gasteiger partial charge in [0.25, 0.3) is 5.69 Å². The second-order valence-corrected chi connectivity index (χ2v) is 31.2. The normalized spacial score (nSPS) is 26.7. The fourth-order valence-corrected chi connectivity index (χ4v) is 12.4. The van der Waals surface area contributed by atoms with E-state index < -0.39 is 81.0 Å². The van der Waals surface area contributed by atoms with Crippen molar-refractivity contribution in [2.24, 2.45) is 27.1 Å². The molecule has 23 nitrogen and oxygen atoms in total. The number of nitriles is 3. The van der Waals surface area contributed by atoms with Gasteiger partial charge in [0.1, 0.15) is 17.3 Å². The minimum absolute atomic E-state index is 0.0925. The number of nitro benzene ring substituents is 1. The first-order valence-corrected chi connectivity index (χ1v) is 35.7. The van der Waals surface area contributed by atoms with Gasteiger partial charge in [-0.05, 0) is 142 Å². The Hall–Kier alpha value is -8.38. The van der Waals surface area contributed by atoms with Crippen LogP contribution in [0.2, 0.25) is 0 Å². The van der Waals surface area contributed by atoms with Gasteiger partial charge in [0.05, 0.1) is 69.4 Å². The maximum atomic E-state index is 12.5. The maximum Gasteiger partial charge on any atom is 0.407 e. The second kappa shape index (κ2) is 38.4. The summed E-state index contributed by atoms with van der Waals surface area (Å²) in [5.74, 6) is -0.581. The van der Waals surface area contributed by atoms with Gasteiger partial charge in [-0.25, -0.2) is 14.4 Å². The Balaban J connectivity index is 0.000000206. The van der Waals surface area contributed by atoms with Gasteiger partial charge in [-0.2, -0.15) is 15.8 Å². The van der Waals surface area contributed by atoms with Crippen LogP contribution in [-0.2, 0) is 40.4 Å². The third-order valence-electron chi connectivity index (χ3n) is 20.0. The molecule has 0 radical (unpaired) electrons. The van der Waals surface area contributed by atoms with Gasteiger partial charge in [-0.15, -0.1) is 0 Å². The Morgan fingerprint density at radius 3 is 1.17 bits per heavy atom. The standard InChI is InChI=1S/C21H21N3O4.C19H30N2O3.2C14H18N2O.C12H24N2O3/c1-21(15-22)11-12-23(13-16-5-3-2-4-6-16)14-19(21)28-20(25)17-7-9-18(10-8-17)24(26)27;1-18(2,3)24-17(23)20-14-19(4)10-11-21(13-16(19)22)12-15-8-6-5-7-9-15;2*1-14(11-15)7-8-16(10-13(14)17)9-12-5-3-2-4-6-12;1-11(2,3)17-10(16)14-8-12(4)5-6-13-7-9(12)15/h2-10,19H,11-14H2,1H3;5-9,16,22H,10-14H2,1-4H3,(H,20,23);2*2-6,13,17H,7-10H2,1H3;9,13,15H,5-8H2,1-4H3,(H,14,16)/t19-,21-;16-,19+;13-,14+;13-,14-;9-,12-/m01100/s1. The average molecular weight is 1420 g/mol. The Morgan fingerprint density at radius 1 is 0.505 bits per heavy atom. The number of benzene rings is 5. The van der Waals surface area contributed by atoms with E-state index in [0.717, 1.165) is 83.6 Å². The third kappa shape index (κ3) is 27.0. The van der Waals surface area contributed by atoms with Crippen LogP contribution in [-0.4, -0.2) is 183 Å². The van der Waals surface area contributed by atoms with Crippen LogP contribution in [0.15, 0.2) is 146 Å². The van der Waals surface area contributed by atoms with E-state index in [2.05, 4.69) is 90.2 Å². The molecule has 7 N–H and O–H groups in total. The fourth-order valence-electron chi connectivity index (χ4n) is 12.4. The highest BCUT2D eigenvalue weighted by Gasteiger charge is 2.44. The number of nitrogens with one attached hydrogen (secondary N) is 3. The van der Waals surface area contributed by atoms with E-state index in [1.807, 2.05) is 154 Å². The zero-order valence-electron chi connectivity index (χ0n) is 62.2. The summed E-state index contributed by atoms with van der Waals surface area (Å²) in [6, 6.07) is 52.8. The molecule has 0 bridgehead atoms. The van der Waals surface area contributed by atoms with Gasteiger partial charge in [0.2, 0.25) is 0 Å². The van der Waals surface area contributed by atoms with Crippen LogP contribution in [0.5, 0.6) is 0 Å². The number of esters is 1. The predicted molar refractivity (Wildman–Crippen MR) is 395 cm³/mol. The molecule has 0 spiro atoms. The number of aliphatic hydroxyl groups is 4. The van der Waals surface area contributed by atoms with E-state index >= 15 is 0 Å². The summed E-state index contributed by atoms with van der Waals surface area (Å²) in [6.07, 6.45) is 0.264. The molecule has 5 aromatic carbocycles. The summed E-state index contributed by atoms with van der Waals surface area (Å²) in [5.41, 5.74) is 1.51. The number of non-ortho nitro benzene ring substituents is 1. The number of likely N-dealkylation sites (tertiary alicyclic amines) is 4. The SMILES string of the molecule is CC(C)(C)OC(=O)NC[C@]1(C)CCN(Cc2ccccc2)C[C@H]1O.CC(C)(C)OC(=O)NC[C@]1(C)CCNC[C@@H]1O.C[C@@]1(C#N)CCN(Cc2ccccc2)C[C@@H]1O.C[C@@]1(C#N)CCN(Cc2ccccc2)C[C@@H]1OC(=O)c1ccc([N+](=O)[O-])cc1.C[C@@]1(C#N)CCN(Cc2ccccc2)C[C@H]1O. The van der Waals surface area contributed by atoms with Gasteiger partial charge in [-0.3, -0.25) is 29.7 Å². The van der Waals surface area contributed by atoms with E-state index in [0.29, 0.717) is 58.8 Å². The number of alkyl carbamates (subject to hydrolysis) is 2. The molecule has 0 unspecified atom stereocenters. The molecule has 5 aliphatic rings. The molecular weight excluding hydrogens is 1310 g/mol. The number of amides is 2. The number of β-amino-alcohol motifs (C(OH)–C–C–N with tert-alkyl or cyclic N) is 4. The van der Waals surface area contributed by atoms with Crippen molar-refractivity contribution in [3.8, 4) is 18.2 Å². The molecule has 5 saturated heterocycles. The lowest BCUT2D eigenvalue weighted by molar-refractivity contribution is -0.384. The average Bonchev–Trinajstić information content (AvgIpc) is 0.825. The molecule has 5 aromatic rings. The van der Waals surface area contributed by atoms with Crippen molar-refractivity contribution in [3.63, 3.8) is 0 Å². The Morgan fingerprint density at radius 2 is 0.845 bits per heavy atom. The van der Waals surface area contributed by atoms with Gasteiger partial charge in [-0.1, -0.05) is 135 Å². The third-order valence-corrected chi connectivity index (χ3v) is 20.0. The zero-order chi connectivity index (χ0) is 75.7. The summed E-state index contributed by atoms with van der Waals surface area (Å²) >= 11 is 0. The number of carbonyl (C=O) groups excluding carboxylic acids is 3. The molecule has 2 amide bonds. The molecule has 5 heterocycles. The lowest BCUT2D eigenvalue weighted by atomic mass is 9.77. The number of ether oxygens (including phenoxy) is 3. The van der Waals surface area contributed by atoms with Crippen molar-refractivity contribution in [1.29, 1.82) is 15.8 Å². The van der Waals surface area contributed by atoms with Gasteiger partial charge < -0.3 is 50.6 Å². The summed E-state index contributed by atoms with van der Waals surface area (Å²) in [4.78, 5) is 55.0. The van der Waals surface area contributed by atoms with Crippen LogP contribution < -0.4 is 16.0 Å². The number of aliphatic hydroxyl groups excluding tert-OH is 4. The first-order valence-electron chi connectivity index (χ1n) is 35.7. The van der Waals surface area contributed by atoms with E-state index in [-0.39, 0.29) is 22.1 Å². The van der Waals surface area contributed by atoms with Crippen molar-refractivity contribution >= 4 is 23.8 Å². The highest BCUT2D eigenvalue weighted by atomic mass is 16.6. The van der Waals surface area contributed by atoms with Crippen molar-refractivity contribution in [2.75, 3.05) is 78.5 Å². The van der Waals surface area contributed by atoms with E-state index in [1.54, 1.807) is 6.92 Å². The molecule has 0 aliphatic carbocycles. The van der Waals surface area contributed by atoms with Crippen LogP contribution in [0.4, 0.5) is 15.3 Å². The Kier molecular flexibility index (Phi) is 31.2. The summed E-state index contributed by atoms with van der Waals surface area (Å²) < 4.78 is 16.1. The van der Waals surface area contributed by atoms with Crippen molar-refractivity contribution < 1.29 is 53.9 Å². The molecule has 10 rings (SSSR count). The van der Waals surface area contributed by atoms with Gasteiger partial charge in [0.15, 0.2) is 0 Å². The molecule has 558 valence electrons. The van der Waals surface area contributed by atoms with Crippen LogP contribution in [0, 0.1) is 71.2 Å². The Labute approximate surface area is 609 Å². The van der Waals surface area contributed by atoms with Crippen LogP contribution in [0.25, 0.3) is 0 Å². The maximum absolute atomic E-state index is 12.5. The quantitative estimate of drug-likeness (QED) is 0.0222. The molecule has 5 fully saturated rings. The minimum atomic E-state index is -0.774. The Bertz CT molecular complexity index is 3510. The number of piperidine rings is 5. The van der Waals surface area contributed by atoms with Crippen molar-refractivity contribution in [2.45, 2.75) is 176 Å². The van der Waals surface area contributed by atoms with Crippen LogP contribution in [0.1, 0.15) is 141 Å². The number of nitro groups is 1. The highest BCUT2D eigenvalue weighted by Crippen LogP contribution is 2.36. The lowest BCUT2D eigenvalue weighted by Crippen LogP contribution is -2.54. The molecule has 10 atom stereocenters. The highest BCUT2D eigenvalue weighted by molar-refractivity contribution is 5.89. The summed E-state index contributed by atoms with van der Waals surface area (Å²) in [6.45, 7) is 31.7. The molecule has 5 aliphatic heterocycles. The number of hydrogen-bond donors (Lipinski definition) is 7. The molecular formula is C80H111N11O12. The number of carbonyl (C=O) groups is 3. The van der Waals surface area contributed by atoms with Gasteiger partial charge in [0, 0.05) is 115 Å². The van der Waals surface area contributed by atoms with Crippen LogP contribution in [0.3, 0.4) is 0 Å². The summed E-state index contributed by atoms with van der Waals surface area (Å²) in [5, 5.41) is 87.7. The van der Waals surface area contributed by atoms with E-state index in [4.69, 9.17) is 24.7 Å². The summed E-state index contributed by atoms with van der Waals surface area (Å²) in [7, 11) is 0. The molecule has 0 aromatic heterocycles. The zero-order valence-corrected chi connectivity index (χ0v) is 62.2. The molecule has 23 heteroatoms. The van der Waals surface area contributed by atoms with Crippen molar-refractivity contribution in [3.05, 3.63) is 184 Å². The van der Waals surface area contributed by atoms with Crippen molar-refractivity contribution in [1.82, 2.24) is 35.6 Å². The first kappa shape index (κ1) is 83.6. The molecule has 0 saturated carbocycles. The smallest absolute Gasteiger partial charge is 0.407 e. The largest absolute Gasteiger partial charge is 0.456 e. The first-order chi connectivity index (χ1) is 48.6.